The average molecular weight is 505 g/mol. The Kier molecular flexibility index (Phi) is 7.24. The standard InChI is InChI=1S/C23H36N8O3S/c1-19(2)30-17-23(24-18-30)35(32,33)31-13-11-29(12-14-31)22-6-5-21(25-26-22)28-9-7-27(8-10-28)16-20-4-3-15-34-20/h5-6,17-20H,3-4,7-16H2,1-2H3. The Labute approximate surface area is 207 Å². The van der Waals surface area contributed by atoms with Gasteiger partial charge in [-0.2, -0.15) is 4.31 Å². The number of anilines is 2. The number of piperazine rings is 2. The third kappa shape index (κ3) is 5.45. The van der Waals surface area contributed by atoms with Crippen LogP contribution in [0.15, 0.2) is 29.7 Å². The van der Waals surface area contributed by atoms with Crippen molar-refractivity contribution in [2.24, 2.45) is 0 Å². The van der Waals surface area contributed by atoms with E-state index in [1.165, 1.54) is 17.1 Å². The molecule has 0 N–H and O–H groups in total. The van der Waals surface area contributed by atoms with Crippen LogP contribution >= 0.6 is 0 Å². The van der Waals surface area contributed by atoms with Crippen LogP contribution in [0.3, 0.4) is 0 Å². The van der Waals surface area contributed by atoms with E-state index in [0.29, 0.717) is 32.3 Å². The molecule has 5 rings (SSSR count). The lowest BCUT2D eigenvalue weighted by Crippen LogP contribution is -2.49. The van der Waals surface area contributed by atoms with Gasteiger partial charge in [-0.15, -0.1) is 10.2 Å². The third-order valence-electron chi connectivity index (χ3n) is 7.16. The van der Waals surface area contributed by atoms with Crippen molar-refractivity contribution < 1.29 is 13.2 Å². The van der Waals surface area contributed by atoms with Crippen molar-refractivity contribution in [3.05, 3.63) is 24.7 Å². The topological polar surface area (TPSA) is 99.9 Å². The fourth-order valence-corrected chi connectivity index (χ4v) is 6.26. The van der Waals surface area contributed by atoms with E-state index in [1.54, 1.807) is 12.5 Å². The van der Waals surface area contributed by atoms with Crippen LogP contribution in [0.2, 0.25) is 0 Å². The average Bonchev–Trinajstić information content (AvgIpc) is 3.58. The molecule has 35 heavy (non-hydrogen) atoms. The Morgan fingerprint density at radius 2 is 1.60 bits per heavy atom. The summed E-state index contributed by atoms with van der Waals surface area (Å²) in [6.07, 6.45) is 5.94. The maximum absolute atomic E-state index is 13.0. The molecule has 11 nitrogen and oxygen atoms in total. The van der Waals surface area contributed by atoms with Crippen molar-refractivity contribution in [3.8, 4) is 0 Å². The molecule has 5 heterocycles. The van der Waals surface area contributed by atoms with Crippen molar-refractivity contribution in [1.29, 1.82) is 0 Å². The number of rotatable bonds is 7. The zero-order valence-electron chi connectivity index (χ0n) is 20.7. The van der Waals surface area contributed by atoms with Gasteiger partial charge < -0.3 is 19.1 Å². The van der Waals surface area contributed by atoms with Crippen LogP contribution in [0.1, 0.15) is 32.7 Å². The molecule has 0 amide bonds. The summed E-state index contributed by atoms with van der Waals surface area (Å²) in [5, 5.41) is 9.06. The van der Waals surface area contributed by atoms with Crippen LogP contribution in [-0.2, 0) is 14.8 Å². The van der Waals surface area contributed by atoms with Crippen molar-refractivity contribution in [3.63, 3.8) is 0 Å². The Bertz CT molecular complexity index is 1070. The van der Waals surface area contributed by atoms with Gasteiger partial charge in [-0.25, -0.2) is 13.4 Å². The van der Waals surface area contributed by atoms with Gasteiger partial charge in [0.15, 0.2) is 16.7 Å². The van der Waals surface area contributed by atoms with Crippen LogP contribution in [0.25, 0.3) is 0 Å². The number of imidazole rings is 1. The van der Waals surface area contributed by atoms with Gasteiger partial charge in [0, 0.05) is 77.7 Å². The van der Waals surface area contributed by atoms with Crippen LogP contribution < -0.4 is 9.80 Å². The molecule has 12 heteroatoms. The zero-order valence-corrected chi connectivity index (χ0v) is 21.5. The van der Waals surface area contributed by atoms with Crippen LogP contribution in [0, 0.1) is 0 Å². The summed E-state index contributed by atoms with van der Waals surface area (Å²) in [4.78, 5) is 11.0. The van der Waals surface area contributed by atoms with Gasteiger partial charge >= 0.3 is 0 Å². The minimum absolute atomic E-state index is 0.111. The minimum Gasteiger partial charge on any atom is -0.377 e. The lowest BCUT2D eigenvalue weighted by Gasteiger charge is -2.36. The molecule has 0 radical (unpaired) electrons. The predicted molar refractivity (Wildman–Crippen MR) is 133 cm³/mol. The second-order valence-electron chi connectivity index (χ2n) is 9.82. The highest BCUT2D eigenvalue weighted by atomic mass is 32.2. The van der Waals surface area contributed by atoms with Crippen LogP contribution in [0.5, 0.6) is 0 Å². The normalized spacial score (nSPS) is 22.9. The zero-order chi connectivity index (χ0) is 24.4. The lowest BCUT2D eigenvalue weighted by molar-refractivity contribution is 0.0712. The first kappa shape index (κ1) is 24.4. The molecule has 3 aliphatic heterocycles. The summed E-state index contributed by atoms with van der Waals surface area (Å²) in [5.74, 6) is 1.68. The highest BCUT2D eigenvalue weighted by Crippen LogP contribution is 2.22. The SMILES string of the molecule is CC(C)n1cnc(S(=O)(=O)N2CCN(c3ccc(N4CCN(CC5CCCO5)CC4)nn3)CC2)c1. The van der Waals surface area contributed by atoms with E-state index in [9.17, 15) is 8.42 Å². The summed E-state index contributed by atoms with van der Waals surface area (Å²) < 4.78 is 35.1. The van der Waals surface area contributed by atoms with Gasteiger partial charge in [-0.3, -0.25) is 4.90 Å². The fourth-order valence-electron chi connectivity index (χ4n) is 4.91. The van der Waals surface area contributed by atoms with Gasteiger partial charge in [0.1, 0.15) is 0 Å². The molecule has 192 valence electrons. The molecule has 1 unspecified atom stereocenters. The van der Waals surface area contributed by atoms with Crippen molar-refractivity contribution in [2.75, 3.05) is 75.3 Å². The predicted octanol–water partition coefficient (Wildman–Crippen LogP) is 1.07. The van der Waals surface area contributed by atoms with Crippen LogP contribution in [-0.4, -0.2) is 109 Å². The number of ether oxygens (including phenoxy) is 1. The number of sulfonamides is 1. The van der Waals surface area contributed by atoms with Gasteiger partial charge in [-0.05, 0) is 38.8 Å². The Balaban J connectivity index is 1.12. The summed E-state index contributed by atoms with van der Waals surface area (Å²) in [7, 11) is -3.59. The van der Waals surface area contributed by atoms with Crippen molar-refractivity contribution in [1.82, 2.24) is 29.0 Å². The Hall–Kier alpha value is -2.28. The van der Waals surface area contributed by atoms with E-state index < -0.39 is 10.0 Å². The fraction of sp³-hybridized carbons (Fsp3) is 0.696. The van der Waals surface area contributed by atoms with Gasteiger partial charge in [0.05, 0.1) is 12.4 Å². The molecule has 0 spiro atoms. The first-order valence-corrected chi connectivity index (χ1v) is 14.1. The summed E-state index contributed by atoms with van der Waals surface area (Å²) in [6, 6.07) is 4.19. The maximum Gasteiger partial charge on any atom is 0.262 e. The quantitative estimate of drug-likeness (QED) is 0.548. The number of hydrogen-bond acceptors (Lipinski definition) is 9. The highest BCUT2D eigenvalue weighted by Gasteiger charge is 2.31. The third-order valence-corrected chi connectivity index (χ3v) is 8.94. The molecular weight excluding hydrogens is 468 g/mol. The van der Waals surface area contributed by atoms with E-state index in [0.717, 1.165) is 51.0 Å². The van der Waals surface area contributed by atoms with Gasteiger partial charge in [0.2, 0.25) is 0 Å². The van der Waals surface area contributed by atoms with Crippen molar-refractivity contribution in [2.45, 2.75) is 43.9 Å². The molecule has 3 fully saturated rings. The molecule has 0 aromatic carbocycles. The molecule has 1 atom stereocenters. The summed E-state index contributed by atoms with van der Waals surface area (Å²) in [6.45, 7) is 11.7. The number of nitrogens with zero attached hydrogens (tertiary/aromatic N) is 8. The largest absolute Gasteiger partial charge is 0.377 e. The molecule has 2 aromatic heterocycles. The van der Waals surface area contributed by atoms with E-state index in [-0.39, 0.29) is 11.1 Å². The first-order valence-electron chi connectivity index (χ1n) is 12.6. The molecule has 0 bridgehead atoms. The van der Waals surface area contributed by atoms with Crippen molar-refractivity contribution >= 4 is 21.7 Å². The summed E-state index contributed by atoms with van der Waals surface area (Å²) >= 11 is 0. The molecule has 3 saturated heterocycles. The molecule has 2 aromatic rings. The molecular formula is C23H36N8O3S. The second-order valence-corrected chi connectivity index (χ2v) is 11.7. The Morgan fingerprint density at radius 1 is 0.971 bits per heavy atom. The van der Waals surface area contributed by atoms with Gasteiger partial charge in [0.25, 0.3) is 10.0 Å². The number of hydrogen-bond donors (Lipinski definition) is 0. The first-order chi connectivity index (χ1) is 16.9. The van der Waals surface area contributed by atoms with E-state index in [1.807, 2.05) is 30.5 Å². The Morgan fingerprint density at radius 3 is 2.11 bits per heavy atom. The van der Waals surface area contributed by atoms with Gasteiger partial charge in [-0.1, -0.05) is 0 Å². The van der Waals surface area contributed by atoms with Crippen LogP contribution in [0.4, 0.5) is 11.6 Å². The highest BCUT2D eigenvalue weighted by molar-refractivity contribution is 7.89. The monoisotopic (exact) mass is 504 g/mol. The minimum atomic E-state index is -3.59. The lowest BCUT2D eigenvalue weighted by atomic mass is 10.2. The molecule has 0 saturated carbocycles. The van der Waals surface area contributed by atoms with E-state index >= 15 is 0 Å². The maximum atomic E-state index is 13.0. The molecule has 0 aliphatic carbocycles. The second kappa shape index (κ2) is 10.4. The smallest absolute Gasteiger partial charge is 0.262 e. The van der Waals surface area contributed by atoms with E-state index in [4.69, 9.17) is 4.74 Å². The molecule has 3 aliphatic rings. The van der Waals surface area contributed by atoms with E-state index in [2.05, 4.69) is 29.9 Å². The summed E-state index contributed by atoms with van der Waals surface area (Å²) in [5.41, 5.74) is 0. The number of aromatic nitrogens is 4.